The monoisotopic (exact) mass is 270 g/mol. The van der Waals surface area contributed by atoms with Gasteiger partial charge in [0.05, 0.1) is 4.90 Å². The topological polar surface area (TPSA) is 58.2 Å². The molecule has 0 spiro atoms. The van der Waals surface area contributed by atoms with E-state index < -0.39 is 10.0 Å². The van der Waals surface area contributed by atoms with Crippen LogP contribution in [0, 0.1) is 0 Å². The normalized spacial score (nSPS) is 12.4. The lowest BCUT2D eigenvalue weighted by Gasteiger charge is -2.26. The zero-order valence-electron chi connectivity index (χ0n) is 11.4. The molecule has 1 aromatic carbocycles. The van der Waals surface area contributed by atoms with Crippen LogP contribution in [0.1, 0.15) is 34.1 Å². The van der Waals surface area contributed by atoms with Crippen molar-refractivity contribution in [3.05, 3.63) is 24.3 Å². The van der Waals surface area contributed by atoms with E-state index in [0.717, 1.165) is 12.1 Å². The van der Waals surface area contributed by atoms with Crippen LogP contribution in [0.4, 0.5) is 5.69 Å². The van der Waals surface area contributed by atoms with Crippen LogP contribution in [0.3, 0.4) is 0 Å². The van der Waals surface area contributed by atoms with E-state index in [1.54, 1.807) is 31.2 Å². The zero-order valence-corrected chi connectivity index (χ0v) is 12.3. The van der Waals surface area contributed by atoms with E-state index in [-0.39, 0.29) is 5.54 Å². The highest BCUT2D eigenvalue weighted by molar-refractivity contribution is 7.89. The van der Waals surface area contributed by atoms with Crippen molar-refractivity contribution in [1.29, 1.82) is 0 Å². The number of rotatable bonds is 6. The van der Waals surface area contributed by atoms with Crippen LogP contribution in [-0.4, -0.2) is 20.5 Å². The predicted octanol–water partition coefficient (Wildman–Crippen LogP) is 2.59. The van der Waals surface area contributed by atoms with Crippen molar-refractivity contribution in [1.82, 2.24) is 4.72 Å². The van der Waals surface area contributed by atoms with E-state index in [1.165, 1.54) is 0 Å². The Balaban J connectivity index is 2.87. The van der Waals surface area contributed by atoms with Gasteiger partial charge in [0.15, 0.2) is 0 Å². The molecular weight excluding hydrogens is 248 g/mol. The summed E-state index contributed by atoms with van der Waals surface area (Å²) in [6, 6.07) is 6.82. The Morgan fingerprint density at radius 1 is 1.11 bits per heavy atom. The van der Waals surface area contributed by atoms with Crippen molar-refractivity contribution >= 4 is 15.7 Å². The third kappa shape index (κ3) is 3.99. The first kappa shape index (κ1) is 15.0. The van der Waals surface area contributed by atoms with Crippen molar-refractivity contribution in [3.8, 4) is 0 Å². The van der Waals surface area contributed by atoms with Crippen LogP contribution >= 0.6 is 0 Å². The van der Waals surface area contributed by atoms with Crippen molar-refractivity contribution in [3.63, 3.8) is 0 Å². The Kier molecular flexibility index (Phi) is 4.76. The molecule has 0 fully saturated rings. The summed E-state index contributed by atoms with van der Waals surface area (Å²) in [6.07, 6.45) is 0.991. The summed E-state index contributed by atoms with van der Waals surface area (Å²) in [5, 5.41) is 3.36. The Morgan fingerprint density at radius 3 is 2.11 bits per heavy atom. The van der Waals surface area contributed by atoms with Gasteiger partial charge in [0.1, 0.15) is 0 Å². The average Bonchev–Trinajstić information content (AvgIpc) is 2.29. The molecule has 4 nitrogen and oxygen atoms in total. The Labute approximate surface area is 110 Å². The first-order chi connectivity index (χ1) is 8.30. The largest absolute Gasteiger partial charge is 0.380 e. The molecule has 0 bridgehead atoms. The summed E-state index contributed by atoms with van der Waals surface area (Å²) >= 11 is 0. The van der Waals surface area contributed by atoms with E-state index in [9.17, 15) is 8.42 Å². The third-order valence-electron chi connectivity index (χ3n) is 2.87. The molecule has 0 aromatic heterocycles. The molecule has 0 radical (unpaired) electrons. The first-order valence-electron chi connectivity index (χ1n) is 6.18. The van der Waals surface area contributed by atoms with Gasteiger partial charge in [0.2, 0.25) is 10.0 Å². The third-order valence-corrected chi connectivity index (χ3v) is 4.43. The molecule has 0 unspecified atom stereocenters. The fourth-order valence-corrected chi connectivity index (χ4v) is 2.51. The minimum atomic E-state index is -3.35. The van der Waals surface area contributed by atoms with E-state index in [2.05, 4.69) is 30.8 Å². The molecule has 0 amide bonds. The molecule has 0 aliphatic carbocycles. The minimum Gasteiger partial charge on any atom is -0.380 e. The number of hydrogen-bond acceptors (Lipinski definition) is 3. The summed E-state index contributed by atoms with van der Waals surface area (Å²) in [5.74, 6) is 0. The standard InChI is InChI=1S/C13H22N2O2S/c1-5-13(3,4)15-11-7-9-12(10-8-11)18(16,17)14-6-2/h7-10,14-15H,5-6H2,1-4H3. The SMILES string of the molecule is CCNS(=O)(=O)c1ccc(NC(C)(C)CC)cc1. The van der Waals surface area contributed by atoms with Crippen LogP contribution < -0.4 is 10.0 Å². The molecule has 0 saturated carbocycles. The maximum absolute atomic E-state index is 11.8. The number of anilines is 1. The maximum Gasteiger partial charge on any atom is 0.240 e. The van der Waals surface area contributed by atoms with Crippen molar-refractivity contribution < 1.29 is 8.42 Å². The molecule has 0 atom stereocenters. The Bertz CT molecular complexity index is 478. The van der Waals surface area contributed by atoms with Crippen molar-refractivity contribution in [2.45, 2.75) is 44.6 Å². The number of hydrogen-bond donors (Lipinski definition) is 2. The van der Waals surface area contributed by atoms with Gasteiger partial charge in [-0.3, -0.25) is 0 Å². The number of nitrogens with one attached hydrogen (secondary N) is 2. The van der Waals surface area contributed by atoms with Crippen LogP contribution in [0.2, 0.25) is 0 Å². The van der Waals surface area contributed by atoms with E-state index in [0.29, 0.717) is 11.4 Å². The molecule has 5 heteroatoms. The number of benzene rings is 1. The van der Waals surface area contributed by atoms with Gasteiger partial charge in [-0.05, 0) is 44.5 Å². The Hall–Kier alpha value is -1.07. The summed E-state index contributed by atoms with van der Waals surface area (Å²) < 4.78 is 26.0. The molecule has 1 aromatic rings. The van der Waals surface area contributed by atoms with Crippen molar-refractivity contribution in [2.24, 2.45) is 0 Å². The first-order valence-corrected chi connectivity index (χ1v) is 7.67. The quantitative estimate of drug-likeness (QED) is 0.835. The lowest BCUT2D eigenvalue weighted by molar-refractivity contribution is 0.547. The van der Waals surface area contributed by atoms with Gasteiger partial charge < -0.3 is 5.32 Å². The minimum absolute atomic E-state index is 0.00204. The maximum atomic E-state index is 11.8. The molecule has 0 aliphatic heterocycles. The van der Waals surface area contributed by atoms with Gasteiger partial charge in [-0.1, -0.05) is 13.8 Å². The van der Waals surface area contributed by atoms with E-state index >= 15 is 0 Å². The van der Waals surface area contributed by atoms with Gasteiger partial charge in [0, 0.05) is 17.8 Å². The fraction of sp³-hybridized carbons (Fsp3) is 0.538. The summed E-state index contributed by atoms with van der Waals surface area (Å²) in [7, 11) is -3.35. The smallest absolute Gasteiger partial charge is 0.240 e. The van der Waals surface area contributed by atoms with Gasteiger partial charge in [-0.2, -0.15) is 0 Å². The molecule has 2 N–H and O–H groups in total. The lowest BCUT2D eigenvalue weighted by atomic mass is 10.0. The zero-order chi connectivity index (χ0) is 13.8. The van der Waals surface area contributed by atoms with Gasteiger partial charge >= 0.3 is 0 Å². The van der Waals surface area contributed by atoms with Crippen LogP contribution in [0.25, 0.3) is 0 Å². The van der Waals surface area contributed by atoms with Crippen LogP contribution in [-0.2, 0) is 10.0 Å². The van der Waals surface area contributed by atoms with Gasteiger partial charge in [0.25, 0.3) is 0 Å². The Morgan fingerprint density at radius 2 is 1.67 bits per heavy atom. The molecule has 0 heterocycles. The molecule has 0 saturated heterocycles. The van der Waals surface area contributed by atoms with Gasteiger partial charge in [-0.15, -0.1) is 0 Å². The number of sulfonamides is 1. The molecule has 0 aliphatic rings. The van der Waals surface area contributed by atoms with Crippen LogP contribution in [0.15, 0.2) is 29.2 Å². The van der Waals surface area contributed by atoms with Crippen molar-refractivity contribution in [2.75, 3.05) is 11.9 Å². The highest BCUT2D eigenvalue weighted by Gasteiger charge is 2.15. The van der Waals surface area contributed by atoms with Gasteiger partial charge in [-0.25, -0.2) is 13.1 Å². The lowest BCUT2D eigenvalue weighted by Crippen LogP contribution is -2.29. The highest BCUT2D eigenvalue weighted by Crippen LogP contribution is 2.19. The van der Waals surface area contributed by atoms with E-state index in [1.807, 2.05) is 0 Å². The predicted molar refractivity (Wildman–Crippen MR) is 75.3 cm³/mol. The molecule has 102 valence electrons. The molecule has 1 rings (SSSR count). The van der Waals surface area contributed by atoms with Crippen LogP contribution in [0.5, 0.6) is 0 Å². The summed E-state index contributed by atoms with van der Waals surface area (Å²) in [4.78, 5) is 0.296. The highest BCUT2D eigenvalue weighted by atomic mass is 32.2. The van der Waals surface area contributed by atoms with E-state index in [4.69, 9.17) is 0 Å². The molecule has 18 heavy (non-hydrogen) atoms. The second-order valence-electron chi connectivity index (χ2n) is 4.89. The summed E-state index contributed by atoms with van der Waals surface area (Å²) in [5.41, 5.74) is 0.930. The second-order valence-corrected chi connectivity index (χ2v) is 6.66. The fourth-order valence-electron chi connectivity index (χ4n) is 1.47. The summed E-state index contributed by atoms with van der Waals surface area (Å²) in [6.45, 7) is 8.48. The second kappa shape index (κ2) is 5.71. The average molecular weight is 270 g/mol. The molecular formula is C13H22N2O2S.